The Balaban J connectivity index is 2.00. The van der Waals surface area contributed by atoms with E-state index in [1.807, 2.05) is 7.05 Å². The maximum absolute atomic E-state index is 12.9. The summed E-state index contributed by atoms with van der Waals surface area (Å²) in [5.41, 5.74) is 1.19. The van der Waals surface area contributed by atoms with Crippen LogP contribution >= 0.6 is 0 Å². The van der Waals surface area contributed by atoms with Crippen molar-refractivity contribution in [2.75, 3.05) is 25.2 Å². The molecular formula is C17H20FN2O3S+. The lowest BCUT2D eigenvalue weighted by Crippen LogP contribution is -3.08. The molecular weight excluding hydrogens is 331 g/mol. The van der Waals surface area contributed by atoms with Crippen molar-refractivity contribution >= 4 is 21.4 Å². The molecule has 0 spiro atoms. The number of carbonyl (C=O) groups is 1. The van der Waals surface area contributed by atoms with Gasteiger partial charge in [-0.05, 0) is 24.3 Å². The first-order chi connectivity index (χ1) is 11.3. The summed E-state index contributed by atoms with van der Waals surface area (Å²) in [4.78, 5) is 13.2. The molecule has 0 heterocycles. The highest BCUT2D eigenvalue weighted by Gasteiger charge is 2.16. The third kappa shape index (κ3) is 5.14. The zero-order chi connectivity index (χ0) is 17.7. The van der Waals surface area contributed by atoms with Crippen LogP contribution in [0.3, 0.4) is 0 Å². The number of rotatable bonds is 6. The highest BCUT2D eigenvalue weighted by Crippen LogP contribution is 2.20. The third-order valence-corrected chi connectivity index (χ3v) is 4.60. The Hall–Kier alpha value is -2.25. The van der Waals surface area contributed by atoms with Crippen LogP contribution in [0.2, 0.25) is 0 Å². The zero-order valence-electron chi connectivity index (χ0n) is 13.5. The number of hydrogen-bond acceptors (Lipinski definition) is 3. The Kier molecular flexibility index (Phi) is 5.69. The van der Waals surface area contributed by atoms with Gasteiger partial charge in [0.25, 0.3) is 5.91 Å². The van der Waals surface area contributed by atoms with Crippen molar-refractivity contribution in [3.05, 3.63) is 59.9 Å². The van der Waals surface area contributed by atoms with E-state index in [1.165, 1.54) is 18.2 Å². The van der Waals surface area contributed by atoms with E-state index in [1.54, 1.807) is 30.3 Å². The molecule has 2 rings (SSSR count). The van der Waals surface area contributed by atoms with Gasteiger partial charge in [-0.2, -0.15) is 0 Å². The van der Waals surface area contributed by atoms with Crippen molar-refractivity contribution in [2.45, 2.75) is 11.4 Å². The Morgan fingerprint density at radius 1 is 1.12 bits per heavy atom. The molecule has 5 nitrogen and oxygen atoms in total. The van der Waals surface area contributed by atoms with Crippen LogP contribution < -0.4 is 10.2 Å². The molecule has 0 aliphatic rings. The zero-order valence-corrected chi connectivity index (χ0v) is 14.4. The molecule has 0 aromatic heterocycles. The Morgan fingerprint density at radius 2 is 1.75 bits per heavy atom. The lowest BCUT2D eigenvalue weighted by Gasteiger charge is -2.15. The molecule has 1 atom stereocenters. The summed E-state index contributed by atoms with van der Waals surface area (Å²) in [6, 6.07) is 12.4. The van der Waals surface area contributed by atoms with Crippen molar-refractivity contribution in [1.29, 1.82) is 0 Å². The van der Waals surface area contributed by atoms with Crippen LogP contribution in [0.4, 0.5) is 10.1 Å². The second-order valence-electron chi connectivity index (χ2n) is 5.75. The number of halogens is 1. The van der Waals surface area contributed by atoms with E-state index in [-0.39, 0.29) is 28.9 Å². The van der Waals surface area contributed by atoms with Gasteiger partial charge in [-0.25, -0.2) is 12.8 Å². The molecule has 0 radical (unpaired) electrons. The Labute approximate surface area is 141 Å². The molecule has 1 unspecified atom stereocenters. The van der Waals surface area contributed by atoms with E-state index in [0.29, 0.717) is 6.54 Å². The molecule has 0 saturated heterocycles. The normalized spacial score (nSPS) is 12.6. The molecule has 2 N–H and O–H groups in total. The van der Waals surface area contributed by atoms with E-state index < -0.39 is 9.84 Å². The van der Waals surface area contributed by atoms with Crippen LogP contribution in [0.15, 0.2) is 53.4 Å². The number of carbonyl (C=O) groups excluding carboxylic acids is 1. The van der Waals surface area contributed by atoms with Gasteiger partial charge < -0.3 is 10.2 Å². The molecule has 2 aromatic rings. The maximum Gasteiger partial charge on any atom is 0.279 e. The molecule has 24 heavy (non-hydrogen) atoms. The fraction of sp³-hybridized carbons (Fsp3) is 0.235. The fourth-order valence-electron chi connectivity index (χ4n) is 2.37. The second-order valence-corrected chi connectivity index (χ2v) is 7.74. The standard InChI is InChI=1S/C17H19FN2O3S/c1-20(11-13-7-9-14(18)10-8-13)12-17(21)19-15-5-3-4-6-16(15)24(2,22)23/h3-10H,11-12H2,1-2H3,(H,19,21)/p+1. The number of benzene rings is 2. The minimum atomic E-state index is -3.42. The molecule has 2 aromatic carbocycles. The smallest absolute Gasteiger partial charge is 0.279 e. The number of quaternary nitrogens is 1. The first-order valence-corrected chi connectivity index (χ1v) is 9.29. The lowest BCUT2D eigenvalue weighted by atomic mass is 10.2. The molecule has 0 aliphatic heterocycles. The predicted octanol–water partition coefficient (Wildman–Crippen LogP) is 0.883. The topological polar surface area (TPSA) is 67.7 Å². The van der Waals surface area contributed by atoms with Gasteiger partial charge in [0.2, 0.25) is 0 Å². The molecule has 0 aliphatic carbocycles. The largest absolute Gasteiger partial charge is 0.326 e. The Bertz CT molecular complexity index is 820. The summed E-state index contributed by atoms with van der Waals surface area (Å²) in [5, 5.41) is 2.64. The summed E-state index contributed by atoms with van der Waals surface area (Å²) in [6.45, 7) is 0.719. The van der Waals surface area contributed by atoms with Gasteiger partial charge >= 0.3 is 0 Å². The van der Waals surface area contributed by atoms with E-state index in [0.717, 1.165) is 16.7 Å². The lowest BCUT2D eigenvalue weighted by molar-refractivity contribution is -0.885. The molecule has 0 bridgehead atoms. The summed E-state index contributed by atoms with van der Waals surface area (Å²) >= 11 is 0. The number of hydrogen-bond donors (Lipinski definition) is 2. The highest BCUT2D eigenvalue weighted by molar-refractivity contribution is 7.90. The first-order valence-electron chi connectivity index (χ1n) is 7.40. The SMILES string of the molecule is C[NH+](CC(=O)Nc1ccccc1S(C)(=O)=O)Cc1ccc(F)cc1. The van der Waals surface area contributed by atoms with Gasteiger partial charge in [0.15, 0.2) is 16.4 Å². The van der Waals surface area contributed by atoms with Gasteiger partial charge in [-0.3, -0.25) is 4.79 Å². The van der Waals surface area contributed by atoms with E-state index in [4.69, 9.17) is 0 Å². The number of nitrogens with one attached hydrogen (secondary N) is 2. The third-order valence-electron chi connectivity index (χ3n) is 3.44. The summed E-state index contributed by atoms with van der Waals surface area (Å²) in [7, 11) is -1.58. The molecule has 0 fully saturated rings. The minimum Gasteiger partial charge on any atom is -0.326 e. The summed E-state index contributed by atoms with van der Waals surface area (Å²) in [6.07, 6.45) is 1.10. The number of anilines is 1. The minimum absolute atomic E-state index is 0.0922. The second kappa shape index (κ2) is 7.55. The van der Waals surface area contributed by atoms with Gasteiger partial charge in [0.1, 0.15) is 12.4 Å². The first kappa shape index (κ1) is 18.1. The maximum atomic E-state index is 12.9. The van der Waals surface area contributed by atoms with E-state index in [9.17, 15) is 17.6 Å². The summed E-state index contributed by atoms with van der Waals surface area (Å²) < 4.78 is 36.4. The summed E-state index contributed by atoms with van der Waals surface area (Å²) in [5.74, 6) is -0.586. The van der Waals surface area contributed by atoms with E-state index >= 15 is 0 Å². The van der Waals surface area contributed by atoms with Crippen LogP contribution in [-0.2, 0) is 21.2 Å². The van der Waals surface area contributed by atoms with Crippen LogP contribution in [0.25, 0.3) is 0 Å². The van der Waals surface area contributed by atoms with Crippen molar-refractivity contribution in [2.24, 2.45) is 0 Å². The van der Waals surface area contributed by atoms with Crippen molar-refractivity contribution < 1.29 is 22.5 Å². The van der Waals surface area contributed by atoms with E-state index in [2.05, 4.69) is 5.32 Å². The monoisotopic (exact) mass is 351 g/mol. The fourth-order valence-corrected chi connectivity index (χ4v) is 3.22. The van der Waals surface area contributed by atoms with Crippen LogP contribution in [0.1, 0.15) is 5.56 Å². The predicted molar refractivity (Wildman–Crippen MR) is 90.0 cm³/mol. The molecule has 0 saturated carbocycles. The molecule has 1 amide bonds. The number of amides is 1. The van der Waals surface area contributed by atoms with Gasteiger partial charge in [0, 0.05) is 11.8 Å². The average Bonchev–Trinajstić information content (AvgIpc) is 2.49. The van der Waals surface area contributed by atoms with Crippen LogP contribution in [0.5, 0.6) is 0 Å². The number of sulfone groups is 1. The molecule has 7 heteroatoms. The molecule has 128 valence electrons. The number of para-hydroxylation sites is 1. The average molecular weight is 351 g/mol. The van der Waals surface area contributed by atoms with Crippen LogP contribution in [0, 0.1) is 5.82 Å². The van der Waals surface area contributed by atoms with Crippen molar-refractivity contribution in [1.82, 2.24) is 0 Å². The number of likely N-dealkylation sites (N-methyl/N-ethyl adjacent to an activating group) is 1. The van der Waals surface area contributed by atoms with Gasteiger partial charge in [-0.1, -0.05) is 24.3 Å². The van der Waals surface area contributed by atoms with Crippen LogP contribution in [-0.4, -0.2) is 34.2 Å². The van der Waals surface area contributed by atoms with Crippen molar-refractivity contribution in [3.8, 4) is 0 Å². The van der Waals surface area contributed by atoms with Gasteiger partial charge in [-0.15, -0.1) is 0 Å². The quantitative estimate of drug-likeness (QED) is 0.812. The van der Waals surface area contributed by atoms with Crippen molar-refractivity contribution in [3.63, 3.8) is 0 Å². The van der Waals surface area contributed by atoms with Gasteiger partial charge in [0.05, 0.1) is 17.6 Å². The Morgan fingerprint density at radius 3 is 2.38 bits per heavy atom. The highest BCUT2D eigenvalue weighted by atomic mass is 32.2.